The Kier molecular flexibility index (Phi) is 4.43. The molecule has 0 amide bonds. The lowest BCUT2D eigenvalue weighted by atomic mass is 10.2. The highest BCUT2D eigenvalue weighted by Gasteiger charge is 2.22. The van der Waals surface area contributed by atoms with Gasteiger partial charge in [-0.2, -0.15) is 0 Å². The van der Waals surface area contributed by atoms with E-state index in [1.54, 1.807) is 23.9 Å². The third kappa shape index (κ3) is 3.26. The summed E-state index contributed by atoms with van der Waals surface area (Å²) in [6, 6.07) is 0. The number of aromatic nitrogens is 3. The van der Waals surface area contributed by atoms with Gasteiger partial charge >= 0.3 is 0 Å². The molecule has 0 spiro atoms. The van der Waals surface area contributed by atoms with Gasteiger partial charge in [-0.15, -0.1) is 11.3 Å². The first kappa shape index (κ1) is 16.5. The predicted molar refractivity (Wildman–Crippen MR) is 100 cm³/mol. The van der Waals surface area contributed by atoms with Crippen molar-refractivity contribution in [1.82, 2.24) is 19.9 Å². The summed E-state index contributed by atoms with van der Waals surface area (Å²) in [4.78, 5) is 18.4. The topological polar surface area (TPSA) is 58.3 Å². The van der Waals surface area contributed by atoms with Crippen LogP contribution in [-0.2, 0) is 6.54 Å². The first-order valence-electron chi connectivity index (χ1n) is 8.72. The molecular formula is C18H23N5OS. The largest absolute Gasteiger partial charge is 0.448 e. The number of oxazole rings is 1. The van der Waals surface area contributed by atoms with Crippen molar-refractivity contribution >= 4 is 27.4 Å². The van der Waals surface area contributed by atoms with E-state index < -0.39 is 0 Å². The van der Waals surface area contributed by atoms with Crippen molar-refractivity contribution in [3.8, 4) is 0 Å². The number of piperazine rings is 1. The summed E-state index contributed by atoms with van der Waals surface area (Å²) in [5.74, 6) is 2.23. The van der Waals surface area contributed by atoms with Crippen LogP contribution in [0.15, 0.2) is 22.4 Å². The van der Waals surface area contributed by atoms with Crippen molar-refractivity contribution in [2.75, 3.05) is 31.1 Å². The Balaban J connectivity index is 1.42. The van der Waals surface area contributed by atoms with Gasteiger partial charge in [0.25, 0.3) is 0 Å². The van der Waals surface area contributed by atoms with E-state index >= 15 is 0 Å². The third-order valence-electron chi connectivity index (χ3n) is 4.63. The molecule has 3 aromatic rings. The first-order valence-corrected chi connectivity index (χ1v) is 9.60. The summed E-state index contributed by atoms with van der Waals surface area (Å²) in [7, 11) is 0. The molecule has 0 radical (unpaired) electrons. The molecule has 6 nitrogen and oxygen atoms in total. The van der Waals surface area contributed by atoms with Gasteiger partial charge in [0.1, 0.15) is 18.4 Å². The predicted octanol–water partition coefficient (Wildman–Crippen LogP) is 3.43. The molecule has 0 N–H and O–H groups in total. The Hall–Kier alpha value is -1.99. The Bertz CT molecular complexity index is 863. The van der Waals surface area contributed by atoms with E-state index in [-0.39, 0.29) is 0 Å². The highest BCUT2D eigenvalue weighted by atomic mass is 32.1. The molecule has 0 aromatic carbocycles. The second kappa shape index (κ2) is 6.72. The van der Waals surface area contributed by atoms with Crippen molar-refractivity contribution < 1.29 is 4.42 Å². The van der Waals surface area contributed by atoms with Gasteiger partial charge < -0.3 is 9.32 Å². The molecule has 3 aromatic heterocycles. The molecule has 1 fully saturated rings. The molecule has 0 saturated carbocycles. The second-order valence-electron chi connectivity index (χ2n) is 6.89. The molecule has 132 valence electrons. The van der Waals surface area contributed by atoms with Gasteiger partial charge in [-0.25, -0.2) is 15.0 Å². The number of anilines is 1. The zero-order valence-electron chi connectivity index (χ0n) is 14.9. The summed E-state index contributed by atoms with van der Waals surface area (Å²) in [5, 5.41) is 2.16. The van der Waals surface area contributed by atoms with Crippen molar-refractivity contribution in [1.29, 1.82) is 0 Å². The number of hydrogen-bond donors (Lipinski definition) is 0. The summed E-state index contributed by atoms with van der Waals surface area (Å²) in [6.45, 7) is 11.1. The van der Waals surface area contributed by atoms with E-state index in [4.69, 9.17) is 4.42 Å². The van der Waals surface area contributed by atoms with Gasteiger partial charge in [0.05, 0.1) is 15.9 Å². The number of thiophene rings is 1. The highest BCUT2D eigenvalue weighted by molar-refractivity contribution is 7.18. The lowest BCUT2D eigenvalue weighted by molar-refractivity contribution is 0.246. The standard InChI is InChI=1S/C18H23N5OS/c1-12(2)18-21-14(9-24-18)8-22-4-6-23(7-5-22)17-16-15(19-11-20-17)13(3)10-25-16/h9-12H,4-8H2,1-3H3. The Morgan fingerprint density at radius 3 is 2.72 bits per heavy atom. The van der Waals surface area contributed by atoms with Crippen molar-refractivity contribution in [3.05, 3.63) is 35.1 Å². The molecule has 1 saturated heterocycles. The van der Waals surface area contributed by atoms with Crippen LogP contribution in [0.2, 0.25) is 0 Å². The van der Waals surface area contributed by atoms with Crippen LogP contribution in [-0.4, -0.2) is 46.0 Å². The van der Waals surface area contributed by atoms with Crippen LogP contribution in [0.4, 0.5) is 5.82 Å². The number of aryl methyl sites for hydroxylation is 1. The normalized spacial score (nSPS) is 16.2. The van der Waals surface area contributed by atoms with E-state index in [9.17, 15) is 0 Å². The maximum atomic E-state index is 5.54. The van der Waals surface area contributed by atoms with Crippen molar-refractivity contribution in [2.45, 2.75) is 33.2 Å². The molecule has 0 atom stereocenters. The number of hydrogen-bond acceptors (Lipinski definition) is 7. The second-order valence-corrected chi connectivity index (χ2v) is 7.77. The van der Waals surface area contributed by atoms with Crippen LogP contribution in [0, 0.1) is 6.92 Å². The van der Waals surface area contributed by atoms with Crippen molar-refractivity contribution in [3.63, 3.8) is 0 Å². The molecule has 7 heteroatoms. The van der Waals surface area contributed by atoms with Crippen LogP contribution in [0.3, 0.4) is 0 Å². The SMILES string of the molecule is Cc1csc2c(N3CCN(Cc4coc(C(C)C)n4)CC3)ncnc12. The van der Waals surface area contributed by atoms with Gasteiger partial charge in [0.15, 0.2) is 5.89 Å². The van der Waals surface area contributed by atoms with E-state index in [0.29, 0.717) is 5.92 Å². The summed E-state index contributed by atoms with van der Waals surface area (Å²) < 4.78 is 6.75. The molecule has 0 aliphatic carbocycles. The smallest absolute Gasteiger partial charge is 0.196 e. The monoisotopic (exact) mass is 357 g/mol. The maximum absolute atomic E-state index is 5.54. The van der Waals surface area contributed by atoms with Gasteiger partial charge in [0.2, 0.25) is 0 Å². The van der Waals surface area contributed by atoms with Crippen LogP contribution < -0.4 is 4.90 Å². The van der Waals surface area contributed by atoms with Gasteiger partial charge in [-0.3, -0.25) is 4.90 Å². The minimum atomic E-state index is 0.333. The molecular weight excluding hydrogens is 334 g/mol. The van der Waals surface area contributed by atoms with Gasteiger partial charge in [0, 0.05) is 38.6 Å². The lowest BCUT2D eigenvalue weighted by Crippen LogP contribution is -2.46. The molecule has 0 bridgehead atoms. The fourth-order valence-electron chi connectivity index (χ4n) is 3.19. The molecule has 25 heavy (non-hydrogen) atoms. The summed E-state index contributed by atoms with van der Waals surface area (Å²) >= 11 is 1.74. The van der Waals surface area contributed by atoms with Crippen LogP contribution >= 0.6 is 11.3 Å². The molecule has 4 heterocycles. The van der Waals surface area contributed by atoms with Gasteiger partial charge in [-0.1, -0.05) is 13.8 Å². The summed E-state index contributed by atoms with van der Waals surface area (Å²) in [6.07, 6.45) is 3.48. The first-order chi connectivity index (χ1) is 12.1. The van der Waals surface area contributed by atoms with Gasteiger partial charge in [-0.05, 0) is 17.9 Å². The molecule has 4 rings (SSSR count). The van der Waals surface area contributed by atoms with E-state index in [0.717, 1.165) is 55.6 Å². The third-order valence-corrected chi connectivity index (χ3v) is 5.72. The fraction of sp³-hybridized carbons (Fsp3) is 0.500. The number of fused-ring (bicyclic) bond motifs is 1. The minimum Gasteiger partial charge on any atom is -0.448 e. The van der Waals surface area contributed by atoms with Crippen LogP contribution in [0.5, 0.6) is 0 Å². The van der Waals surface area contributed by atoms with E-state index in [1.807, 2.05) is 0 Å². The highest BCUT2D eigenvalue weighted by Crippen LogP contribution is 2.31. The number of nitrogens with zero attached hydrogens (tertiary/aromatic N) is 5. The Morgan fingerprint density at radius 2 is 2.00 bits per heavy atom. The average molecular weight is 357 g/mol. The van der Waals surface area contributed by atoms with E-state index in [1.165, 1.54) is 10.3 Å². The maximum Gasteiger partial charge on any atom is 0.196 e. The van der Waals surface area contributed by atoms with Crippen LogP contribution in [0.1, 0.15) is 36.9 Å². The van der Waals surface area contributed by atoms with Crippen LogP contribution in [0.25, 0.3) is 10.2 Å². The molecule has 0 unspecified atom stereocenters. The Labute approximate surface area is 151 Å². The summed E-state index contributed by atoms with van der Waals surface area (Å²) in [5.41, 5.74) is 3.34. The molecule has 1 aliphatic rings. The van der Waals surface area contributed by atoms with Crippen molar-refractivity contribution in [2.24, 2.45) is 0 Å². The van der Waals surface area contributed by atoms with E-state index in [2.05, 4.69) is 50.9 Å². The lowest BCUT2D eigenvalue weighted by Gasteiger charge is -2.35. The zero-order valence-corrected chi connectivity index (χ0v) is 15.7. The number of rotatable bonds is 4. The Morgan fingerprint density at radius 1 is 1.20 bits per heavy atom. The quantitative estimate of drug-likeness (QED) is 0.713. The average Bonchev–Trinajstić information content (AvgIpc) is 3.23. The minimum absolute atomic E-state index is 0.333. The fourth-order valence-corrected chi connectivity index (χ4v) is 4.21. The molecule has 1 aliphatic heterocycles. The zero-order chi connectivity index (χ0) is 17.4.